The van der Waals surface area contributed by atoms with Crippen LogP contribution >= 0.6 is 30.3 Å². The molecule has 118 valence electrons. The molecule has 21 heavy (non-hydrogen) atoms. The summed E-state index contributed by atoms with van der Waals surface area (Å²) < 4.78 is 11.1. The lowest BCUT2D eigenvalue weighted by atomic mass is 10.2. The highest BCUT2D eigenvalue weighted by Crippen LogP contribution is 2.63. The van der Waals surface area contributed by atoms with E-state index in [4.69, 9.17) is 26.4 Å². The van der Waals surface area contributed by atoms with Gasteiger partial charge in [-0.2, -0.15) is 0 Å². The largest absolute Gasteiger partial charge is 0.404 e. The molecule has 0 spiro atoms. The Hall–Kier alpha value is -0.550. The summed E-state index contributed by atoms with van der Waals surface area (Å²) in [5.74, 6) is 0. The molecule has 0 radical (unpaired) electrons. The van der Waals surface area contributed by atoms with E-state index < -0.39 is 6.71 Å². The Morgan fingerprint density at radius 2 is 2.00 bits per heavy atom. The van der Waals surface area contributed by atoms with Crippen LogP contribution in [0.15, 0.2) is 24.3 Å². The van der Waals surface area contributed by atoms with Crippen molar-refractivity contribution >= 4 is 41.2 Å². The third kappa shape index (κ3) is 6.83. The number of nitrogens with one attached hydrogen (secondary N) is 2. The Kier molecular flexibility index (Phi) is 7.74. The molecule has 2 unspecified atom stereocenters. The van der Waals surface area contributed by atoms with Gasteiger partial charge in [0.25, 0.3) is 5.17 Å². The highest BCUT2D eigenvalue weighted by Gasteiger charge is 2.25. The minimum Gasteiger partial charge on any atom is -0.404 e. The Labute approximate surface area is 136 Å². The van der Waals surface area contributed by atoms with Crippen LogP contribution in [0, 0.1) is 12.1 Å². The number of aryl methyl sites for hydroxylation is 1. The molecule has 0 saturated carbocycles. The van der Waals surface area contributed by atoms with Crippen LogP contribution in [0.2, 0.25) is 0 Å². The number of thiocarbonyl (C=S) groups is 1. The molecule has 7 heteroatoms. The summed E-state index contributed by atoms with van der Waals surface area (Å²) in [4.78, 5) is 0. The molecular weight excluding hydrogens is 323 g/mol. The van der Waals surface area contributed by atoms with Crippen LogP contribution in [0.25, 0.3) is 0 Å². The maximum absolute atomic E-state index is 8.39. The number of hydrogen-bond donors (Lipinski definition) is 2. The van der Waals surface area contributed by atoms with Crippen LogP contribution in [-0.2, 0) is 9.05 Å². The molecular formula is C14H23N2O2PS2. The zero-order valence-electron chi connectivity index (χ0n) is 12.9. The van der Waals surface area contributed by atoms with Crippen LogP contribution < -0.4 is 5.32 Å². The molecule has 0 saturated heterocycles. The second-order valence-corrected chi connectivity index (χ2v) is 9.51. The first-order valence-corrected chi connectivity index (χ1v) is 10.4. The molecule has 0 aliphatic heterocycles. The summed E-state index contributed by atoms with van der Waals surface area (Å²) in [5, 5.41) is 11.9. The van der Waals surface area contributed by atoms with E-state index >= 15 is 0 Å². The molecule has 0 aliphatic carbocycles. The normalized spacial score (nSPS) is 15.0. The first-order chi connectivity index (χ1) is 9.88. The molecule has 1 aromatic carbocycles. The number of anilines is 1. The minimum atomic E-state index is -2.78. The Bertz CT molecular complexity index is 508. The topological polar surface area (TPSA) is 54.3 Å². The van der Waals surface area contributed by atoms with E-state index in [0.29, 0.717) is 11.9 Å². The van der Waals surface area contributed by atoms with Crippen molar-refractivity contribution in [1.82, 2.24) is 0 Å². The van der Waals surface area contributed by atoms with Gasteiger partial charge in [-0.25, -0.2) is 0 Å². The van der Waals surface area contributed by atoms with Gasteiger partial charge in [0.15, 0.2) is 0 Å². The summed E-state index contributed by atoms with van der Waals surface area (Å²) in [6, 6.07) is 7.84. The third-order valence-corrected chi connectivity index (χ3v) is 7.45. The second-order valence-electron chi connectivity index (χ2n) is 4.61. The fourth-order valence-corrected chi connectivity index (χ4v) is 6.12. The van der Waals surface area contributed by atoms with E-state index in [9.17, 15) is 0 Å². The Morgan fingerprint density at radius 3 is 2.52 bits per heavy atom. The van der Waals surface area contributed by atoms with Crippen molar-refractivity contribution in [3.63, 3.8) is 0 Å². The van der Waals surface area contributed by atoms with Crippen LogP contribution in [0.3, 0.4) is 0 Å². The number of rotatable bonds is 7. The zero-order chi connectivity index (χ0) is 15.9. The predicted octanol–water partition coefficient (Wildman–Crippen LogP) is 5.80. The van der Waals surface area contributed by atoms with Gasteiger partial charge in [0.2, 0.25) is 0 Å². The van der Waals surface area contributed by atoms with Gasteiger partial charge < -0.3 is 14.4 Å². The van der Waals surface area contributed by atoms with Gasteiger partial charge >= 0.3 is 6.71 Å². The van der Waals surface area contributed by atoms with Gasteiger partial charge in [-0.15, -0.1) is 0 Å². The van der Waals surface area contributed by atoms with Crippen molar-refractivity contribution in [2.75, 3.05) is 11.9 Å². The zero-order valence-corrected chi connectivity index (χ0v) is 15.4. The van der Waals surface area contributed by atoms with Gasteiger partial charge in [0.05, 0.1) is 6.61 Å². The molecule has 1 rings (SSSR count). The van der Waals surface area contributed by atoms with Gasteiger partial charge in [0.1, 0.15) is 0 Å². The number of hydrogen-bond acceptors (Lipinski definition) is 5. The van der Waals surface area contributed by atoms with E-state index in [0.717, 1.165) is 12.1 Å². The monoisotopic (exact) mass is 346 g/mol. The van der Waals surface area contributed by atoms with Crippen molar-refractivity contribution in [1.29, 1.82) is 5.16 Å². The van der Waals surface area contributed by atoms with Gasteiger partial charge in [-0.05, 0) is 56.0 Å². The maximum Gasteiger partial charge on any atom is 0.323 e. The highest BCUT2D eigenvalue weighted by atomic mass is 32.7. The van der Waals surface area contributed by atoms with Gasteiger partial charge in [-0.3, -0.25) is 5.16 Å². The van der Waals surface area contributed by atoms with Crippen molar-refractivity contribution in [3.05, 3.63) is 29.8 Å². The molecule has 0 bridgehead atoms. The second kappa shape index (κ2) is 8.79. The first kappa shape index (κ1) is 18.5. The lowest BCUT2D eigenvalue weighted by Crippen LogP contribution is -2.12. The van der Waals surface area contributed by atoms with Crippen molar-refractivity contribution in [2.45, 2.75) is 39.4 Å². The van der Waals surface area contributed by atoms with Crippen molar-refractivity contribution in [2.24, 2.45) is 0 Å². The minimum absolute atomic E-state index is 0.187. The predicted molar refractivity (Wildman–Crippen MR) is 97.1 cm³/mol. The van der Waals surface area contributed by atoms with Crippen LogP contribution in [0.1, 0.15) is 32.8 Å². The Morgan fingerprint density at radius 1 is 1.38 bits per heavy atom. The van der Waals surface area contributed by atoms with Crippen LogP contribution in [0.4, 0.5) is 5.69 Å². The molecule has 0 amide bonds. The molecule has 4 nitrogen and oxygen atoms in total. The lowest BCUT2D eigenvalue weighted by molar-refractivity contribution is 0.334. The van der Waals surface area contributed by atoms with E-state index in [2.05, 4.69) is 19.2 Å². The van der Waals surface area contributed by atoms with E-state index in [1.165, 1.54) is 16.9 Å². The summed E-state index contributed by atoms with van der Waals surface area (Å²) in [6.45, 7) is 5.69. The van der Waals surface area contributed by atoms with Gasteiger partial charge in [0, 0.05) is 10.9 Å². The lowest BCUT2D eigenvalue weighted by Gasteiger charge is -2.24. The van der Waals surface area contributed by atoms with Crippen LogP contribution in [0.5, 0.6) is 0 Å². The number of benzene rings is 1. The molecule has 2 N–H and O–H groups in total. The van der Waals surface area contributed by atoms with Gasteiger partial charge in [-0.1, -0.05) is 31.5 Å². The SMILES string of the molecule is CCOP(=N)(OC(=S)Nc1ccc(C)cc1)SC(C)CC. The smallest absolute Gasteiger partial charge is 0.323 e. The fraction of sp³-hybridized carbons (Fsp3) is 0.500. The average Bonchev–Trinajstić information content (AvgIpc) is 2.41. The van der Waals surface area contributed by atoms with E-state index in [1.54, 1.807) is 0 Å². The fourth-order valence-electron chi connectivity index (χ4n) is 1.45. The van der Waals surface area contributed by atoms with E-state index in [1.807, 2.05) is 38.1 Å². The first-order valence-electron chi connectivity index (χ1n) is 6.93. The molecule has 0 aromatic heterocycles. The van der Waals surface area contributed by atoms with Crippen LogP contribution in [-0.4, -0.2) is 17.0 Å². The van der Waals surface area contributed by atoms with E-state index in [-0.39, 0.29) is 5.17 Å². The standard InChI is InChI=1S/C14H23N2O2PS2/c1-5-12(4)21-19(15,17-6-2)18-14(20)16-13-9-7-11(3)8-10-13/h7-10,12,15H,5-6H2,1-4H3,(H,16,20). The maximum atomic E-state index is 8.39. The Balaban J connectivity index is 2.67. The van der Waals surface area contributed by atoms with Crippen molar-refractivity contribution in [3.8, 4) is 0 Å². The molecule has 0 fully saturated rings. The summed E-state index contributed by atoms with van der Waals surface area (Å²) in [5.41, 5.74) is 2.03. The van der Waals surface area contributed by atoms with Crippen molar-refractivity contribution < 1.29 is 9.05 Å². The third-order valence-electron chi connectivity index (χ3n) is 2.69. The summed E-state index contributed by atoms with van der Waals surface area (Å²) >= 11 is 6.62. The summed E-state index contributed by atoms with van der Waals surface area (Å²) in [7, 11) is 0. The molecule has 0 heterocycles. The summed E-state index contributed by atoms with van der Waals surface area (Å²) in [6.07, 6.45) is 0.958. The quantitative estimate of drug-likeness (QED) is 0.482. The highest BCUT2D eigenvalue weighted by molar-refractivity contribution is 8.55. The molecule has 1 aromatic rings. The molecule has 2 atom stereocenters. The average molecular weight is 346 g/mol. The molecule has 0 aliphatic rings.